The molecule has 0 spiro atoms. The van der Waals surface area contributed by atoms with E-state index in [0.717, 1.165) is 9.35 Å². The minimum atomic E-state index is -0.557. The lowest BCUT2D eigenvalue weighted by molar-refractivity contribution is -0.496. The summed E-state index contributed by atoms with van der Waals surface area (Å²) in [5.74, 6) is 0.644. The topological polar surface area (TPSA) is 82.1 Å². The Bertz CT molecular complexity index is 582. The Morgan fingerprint density at radius 3 is 3.06 bits per heavy atom. The zero-order valence-electron chi connectivity index (χ0n) is 8.37. The number of aromatic nitrogens is 2. The van der Waals surface area contributed by atoms with E-state index in [9.17, 15) is 10.1 Å². The van der Waals surface area contributed by atoms with Gasteiger partial charge in [0.25, 0.3) is 0 Å². The Morgan fingerprint density at radius 2 is 2.47 bits per heavy atom. The van der Waals surface area contributed by atoms with Crippen molar-refractivity contribution in [3.05, 3.63) is 31.9 Å². The van der Waals surface area contributed by atoms with Crippen LogP contribution in [0.3, 0.4) is 0 Å². The number of hydrogen-bond acceptors (Lipinski definition) is 6. The smallest absolute Gasteiger partial charge is 0.237 e. The molecule has 0 N–H and O–H groups in total. The quantitative estimate of drug-likeness (QED) is 0.642. The molecule has 0 unspecified atom stereocenters. The van der Waals surface area contributed by atoms with Gasteiger partial charge in [-0.25, -0.2) is 0 Å². The maximum absolute atomic E-state index is 10.5. The van der Waals surface area contributed by atoms with Gasteiger partial charge in [-0.05, 0) is 22.0 Å². The van der Waals surface area contributed by atoms with E-state index in [1.54, 1.807) is 0 Å². The third kappa shape index (κ3) is 1.98. The molecular weight excluding hydrogens is 310 g/mol. The Balaban J connectivity index is 1.82. The second kappa shape index (κ2) is 3.88. The molecule has 1 saturated carbocycles. The number of nitro groups is 1. The van der Waals surface area contributed by atoms with E-state index in [4.69, 9.17) is 4.52 Å². The minimum Gasteiger partial charge on any atom is -0.338 e. The molecule has 1 aliphatic rings. The third-order valence-electron chi connectivity index (χ3n) is 2.57. The molecule has 0 radical (unpaired) electrons. The van der Waals surface area contributed by atoms with Gasteiger partial charge in [0.2, 0.25) is 17.8 Å². The Labute approximate surface area is 108 Å². The van der Waals surface area contributed by atoms with Crippen molar-refractivity contribution in [2.24, 2.45) is 0 Å². The Kier molecular flexibility index (Phi) is 2.48. The molecule has 0 aromatic carbocycles. The fraction of sp³-hybridized carbons (Fsp3) is 0.333. The first-order valence-electron chi connectivity index (χ1n) is 4.86. The van der Waals surface area contributed by atoms with Gasteiger partial charge in [0.05, 0.1) is 4.88 Å². The highest BCUT2D eigenvalue weighted by Crippen LogP contribution is 2.42. The predicted molar refractivity (Wildman–Crippen MR) is 63.5 cm³/mol. The standard InChI is InChI=1S/C9H6BrN3O3S/c10-4-1-7(17-3-4)8-11-9(16-12-8)5-2-6(5)13(14)15/h1,3,5-6H,2H2/t5-,6+/m1/s1. The zero-order valence-corrected chi connectivity index (χ0v) is 10.8. The van der Waals surface area contributed by atoms with Crippen molar-refractivity contribution < 1.29 is 9.45 Å². The van der Waals surface area contributed by atoms with Crippen molar-refractivity contribution in [1.29, 1.82) is 0 Å². The summed E-state index contributed by atoms with van der Waals surface area (Å²) < 4.78 is 6.02. The monoisotopic (exact) mass is 315 g/mol. The second-order valence-electron chi connectivity index (χ2n) is 3.78. The average molecular weight is 316 g/mol. The van der Waals surface area contributed by atoms with E-state index in [2.05, 4.69) is 26.1 Å². The molecule has 8 heteroatoms. The van der Waals surface area contributed by atoms with Crippen LogP contribution in [0.5, 0.6) is 0 Å². The molecule has 0 aliphatic heterocycles. The lowest BCUT2D eigenvalue weighted by atomic mass is 10.4. The highest BCUT2D eigenvalue weighted by atomic mass is 79.9. The number of halogens is 1. The molecule has 6 nitrogen and oxygen atoms in total. The maximum Gasteiger partial charge on any atom is 0.237 e. The molecule has 0 amide bonds. The van der Waals surface area contributed by atoms with Gasteiger partial charge in [0.1, 0.15) is 5.92 Å². The number of hydrogen-bond donors (Lipinski definition) is 0. The molecule has 88 valence electrons. The molecule has 2 atom stereocenters. The normalized spacial score (nSPS) is 22.6. The summed E-state index contributed by atoms with van der Waals surface area (Å²) in [5, 5.41) is 16.3. The van der Waals surface area contributed by atoms with Gasteiger partial charge >= 0.3 is 0 Å². The molecule has 0 bridgehead atoms. The van der Waals surface area contributed by atoms with Crippen molar-refractivity contribution in [1.82, 2.24) is 10.1 Å². The van der Waals surface area contributed by atoms with Crippen LogP contribution in [0.15, 0.2) is 20.4 Å². The highest BCUT2D eigenvalue weighted by Gasteiger charge is 2.53. The first-order valence-corrected chi connectivity index (χ1v) is 6.54. The van der Waals surface area contributed by atoms with Crippen LogP contribution in [0.4, 0.5) is 0 Å². The first kappa shape index (κ1) is 10.8. The summed E-state index contributed by atoms with van der Waals surface area (Å²) in [6.45, 7) is 0. The molecule has 2 aromatic rings. The summed E-state index contributed by atoms with van der Waals surface area (Å²) >= 11 is 4.83. The minimum absolute atomic E-state index is 0.213. The van der Waals surface area contributed by atoms with Crippen molar-refractivity contribution in [3.8, 4) is 10.7 Å². The molecule has 2 heterocycles. The summed E-state index contributed by atoms with van der Waals surface area (Å²) in [5.41, 5.74) is 0. The van der Waals surface area contributed by atoms with Crippen LogP contribution < -0.4 is 0 Å². The summed E-state index contributed by atoms with van der Waals surface area (Å²) in [4.78, 5) is 15.3. The van der Waals surface area contributed by atoms with Crippen LogP contribution in [-0.4, -0.2) is 21.1 Å². The lowest BCUT2D eigenvalue weighted by Crippen LogP contribution is -2.02. The van der Waals surface area contributed by atoms with Crippen molar-refractivity contribution in [3.63, 3.8) is 0 Å². The third-order valence-corrected chi connectivity index (χ3v) is 4.26. The van der Waals surface area contributed by atoms with E-state index in [1.165, 1.54) is 11.3 Å². The maximum atomic E-state index is 10.5. The van der Waals surface area contributed by atoms with Crippen LogP contribution in [0, 0.1) is 10.1 Å². The molecule has 3 rings (SSSR count). The summed E-state index contributed by atoms with van der Waals surface area (Å²) in [7, 11) is 0. The van der Waals surface area contributed by atoms with Gasteiger partial charge in [-0.3, -0.25) is 10.1 Å². The molecule has 0 saturated heterocycles. The molecule has 1 aliphatic carbocycles. The lowest BCUT2D eigenvalue weighted by Gasteiger charge is -1.85. The predicted octanol–water partition coefficient (Wildman–Crippen LogP) is 2.69. The average Bonchev–Trinajstić information content (AvgIpc) is 2.74. The SMILES string of the molecule is O=[N+]([O-])[C@H]1C[C@H]1c1nc(-c2cc(Br)cs2)no1. The fourth-order valence-corrected chi connectivity index (χ4v) is 2.95. The molecule has 2 aromatic heterocycles. The van der Waals surface area contributed by atoms with Crippen LogP contribution in [-0.2, 0) is 0 Å². The van der Waals surface area contributed by atoms with E-state index < -0.39 is 6.04 Å². The van der Waals surface area contributed by atoms with E-state index >= 15 is 0 Å². The number of thiophene rings is 1. The fourth-order valence-electron chi connectivity index (χ4n) is 1.60. The van der Waals surface area contributed by atoms with Gasteiger partial charge in [-0.1, -0.05) is 5.16 Å². The first-order chi connectivity index (χ1) is 8.15. The molecular formula is C9H6BrN3O3S. The van der Waals surface area contributed by atoms with Gasteiger partial charge in [0, 0.05) is 21.2 Å². The Hall–Kier alpha value is -1.28. The van der Waals surface area contributed by atoms with Crippen molar-refractivity contribution in [2.75, 3.05) is 0 Å². The van der Waals surface area contributed by atoms with Crippen LogP contribution >= 0.6 is 27.3 Å². The molecule has 17 heavy (non-hydrogen) atoms. The van der Waals surface area contributed by atoms with Crippen molar-refractivity contribution >= 4 is 27.3 Å². The molecule has 1 fully saturated rings. The number of nitrogens with zero attached hydrogens (tertiary/aromatic N) is 3. The summed E-state index contributed by atoms with van der Waals surface area (Å²) in [6.07, 6.45) is 0.489. The zero-order chi connectivity index (χ0) is 12.0. The van der Waals surface area contributed by atoms with Crippen LogP contribution in [0.2, 0.25) is 0 Å². The van der Waals surface area contributed by atoms with Gasteiger partial charge < -0.3 is 4.52 Å². The van der Waals surface area contributed by atoms with E-state index in [-0.39, 0.29) is 10.8 Å². The second-order valence-corrected chi connectivity index (χ2v) is 5.61. The van der Waals surface area contributed by atoms with Gasteiger partial charge in [-0.2, -0.15) is 4.98 Å². The van der Waals surface area contributed by atoms with Crippen molar-refractivity contribution in [2.45, 2.75) is 18.4 Å². The summed E-state index contributed by atoms with van der Waals surface area (Å²) in [6, 6.07) is 1.33. The Morgan fingerprint density at radius 1 is 1.65 bits per heavy atom. The highest BCUT2D eigenvalue weighted by molar-refractivity contribution is 9.10. The van der Waals surface area contributed by atoms with Gasteiger partial charge in [0.15, 0.2) is 0 Å². The largest absolute Gasteiger partial charge is 0.338 e. The van der Waals surface area contributed by atoms with Crippen LogP contribution in [0.1, 0.15) is 18.2 Å². The van der Waals surface area contributed by atoms with Gasteiger partial charge in [-0.15, -0.1) is 11.3 Å². The van der Waals surface area contributed by atoms with E-state index in [1.807, 2.05) is 11.4 Å². The van der Waals surface area contributed by atoms with Crippen LogP contribution in [0.25, 0.3) is 10.7 Å². The number of rotatable bonds is 3. The van der Waals surface area contributed by atoms with E-state index in [0.29, 0.717) is 18.1 Å².